The van der Waals surface area contributed by atoms with Crippen molar-refractivity contribution in [1.29, 1.82) is 0 Å². The van der Waals surface area contributed by atoms with Crippen molar-refractivity contribution < 1.29 is 14.5 Å². The van der Waals surface area contributed by atoms with Gasteiger partial charge in [-0.3, -0.25) is 14.9 Å². The van der Waals surface area contributed by atoms with Gasteiger partial charge in [-0.25, -0.2) is 0 Å². The number of nitrogens with zero attached hydrogens (tertiary/aromatic N) is 1. The highest BCUT2D eigenvalue weighted by Gasteiger charge is 2.28. The van der Waals surface area contributed by atoms with Crippen molar-refractivity contribution in [2.24, 2.45) is 5.73 Å². The van der Waals surface area contributed by atoms with E-state index in [0.717, 1.165) is 0 Å². The molecule has 104 valence electrons. The van der Waals surface area contributed by atoms with Gasteiger partial charge in [0.15, 0.2) is 0 Å². The first-order valence-electron chi connectivity index (χ1n) is 5.75. The highest BCUT2D eigenvalue weighted by atomic mass is 16.6. The lowest BCUT2D eigenvalue weighted by Crippen LogP contribution is -2.52. The summed E-state index contributed by atoms with van der Waals surface area (Å²) in [7, 11) is 1.65. The topological polar surface area (TPSA) is 107 Å². The zero-order valence-corrected chi connectivity index (χ0v) is 10.9. The van der Waals surface area contributed by atoms with E-state index in [4.69, 9.17) is 10.5 Å². The van der Waals surface area contributed by atoms with Crippen LogP contribution in [0.5, 0.6) is 5.75 Å². The predicted molar refractivity (Wildman–Crippen MR) is 69.9 cm³/mol. The van der Waals surface area contributed by atoms with Crippen LogP contribution in [0.25, 0.3) is 0 Å². The highest BCUT2D eigenvalue weighted by Crippen LogP contribution is 2.18. The molecule has 0 aromatic heterocycles. The molecule has 7 heteroatoms. The first-order chi connectivity index (χ1) is 8.89. The van der Waals surface area contributed by atoms with E-state index in [1.54, 1.807) is 14.0 Å². The van der Waals surface area contributed by atoms with E-state index in [9.17, 15) is 14.9 Å². The highest BCUT2D eigenvalue weighted by molar-refractivity contribution is 5.84. The Balaban J connectivity index is 2.53. The molecule has 1 aromatic carbocycles. The quantitative estimate of drug-likeness (QED) is 0.562. The lowest BCUT2D eigenvalue weighted by molar-refractivity contribution is -0.384. The molecule has 0 bridgehead atoms. The molecule has 0 aliphatic heterocycles. The van der Waals surface area contributed by atoms with Crippen LogP contribution in [0.1, 0.15) is 13.3 Å². The number of nitrogens with one attached hydrogen (secondary N) is 1. The average Bonchev–Trinajstić information content (AvgIpc) is 2.38. The lowest BCUT2D eigenvalue weighted by atomic mass is 9.98. The van der Waals surface area contributed by atoms with Crippen LogP contribution in [-0.4, -0.2) is 30.0 Å². The Morgan fingerprint density at radius 1 is 1.47 bits per heavy atom. The number of nitro benzene ring substituents is 1. The summed E-state index contributed by atoms with van der Waals surface area (Å²) in [4.78, 5) is 21.2. The van der Waals surface area contributed by atoms with Gasteiger partial charge < -0.3 is 15.8 Å². The van der Waals surface area contributed by atoms with Crippen molar-refractivity contribution in [2.75, 3.05) is 13.7 Å². The molecular formula is C12H17N3O4. The number of non-ortho nitro benzene ring substituents is 1. The zero-order chi connectivity index (χ0) is 14.5. The molecule has 0 spiro atoms. The number of amides is 1. The van der Waals surface area contributed by atoms with Crippen LogP contribution < -0.4 is 15.8 Å². The third-order valence-corrected chi connectivity index (χ3v) is 3.01. The van der Waals surface area contributed by atoms with E-state index in [2.05, 4.69) is 5.32 Å². The van der Waals surface area contributed by atoms with E-state index in [1.807, 2.05) is 0 Å². The number of nitrogens with two attached hydrogens (primary N) is 1. The normalized spacial score (nSPS) is 13.6. The molecule has 0 fully saturated rings. The first-order valence-corrected chi connectivity index (χ1v) is 5.75. The number of nitro groups is 1. The van der Waals surface area contributed by atoms with Crippen LogP contribution in [0.15, 0.2) is 24.3 Å². The summed E-state index contributed by atoms with van der Waals surface area (Å²) < 4.78 is 5.42. The van der Waals surface area contributed by atoms with Crippen molar-refractivity contribution in [1.82, 2.24) is 5.32 Å². The lowest BCUT2D eigenvalue weighted by Gasteiger charge is -2.25. The van der Waals surface area contributed by atoms with Gasteiger partial charge in [0.25, 0.3) is 5.69 Å². The maximum absolute atomic E-state index is 11.2. The molecular weight excluding hydrogens is 250 g/mol. The minimum absolute atomic E-state index is 0.00421. The maximum Gasteiger partial charge on any atom is 0.269 e. The largest absolute Gasteiger partial charge is 0.494 e. The minimum Gasteiger partial charge on any atom is -0.494 e. The summed E-state index contributed by atoms with van der Waals surface area (Å²) in [6, 6.07) is 5.75. The SMILES string of the molecule is CNC(C)(CCOc1ccc([N+](=O)[O-])cc1)C(N)=O. The van der Waals surface area contributed by atoms with Crippen LogP contribution >= 0.6 is 0 Å². The van der Waals surface area contributed by atoms with Gasteiger partial charge >= 0.3 is 0 Å². The summed E-state index contributed by atoms with van der Waals surface area (Å²) in [5.41, 5.74) is 4.45. The number of ether oxygens (including phenoxy) is 1. The number of carbonyl (C=O) groups excluding carboxylic acids is 1. The fourth-order valence-corrected chi connectivity index (χ4v) is 1.41. The van der Waals surface area contributed by atoms with Crippen LogP contribution in [0.4, 0.5) is 5.69 Å². The monoisotopic (exact) mass is 267 g/mol. The van der Waals surface area contributed by atoms with Gasteiger partial charge in [0.1, 0.15) is 5.75 Å². The molecule has 0 aliphatic carbocycles. The Hall–Kier alpha value is -2.15. The zero-order valence-electron chi connectivity index (χ0n) is 10.9. The van der Waals surface area contributed by atoms with E-state index in [1.165, 1.54) is 24.3 Å². The number of likely N-dealkylation sites (N-methyl/N-ethyl adjacent to an activating group) is 1. The van der Waals surface area contributed by atoms with Crippen molar-refractivity contribution in [2.45, 2.75) is 18.9 Å². The third-order valence-electron chi connectivity index (χ3n) is 3.01. The van der Waals surface area contributed by atoms with Gasteiger partial charge in [-0.15, -0.1) is 0 Å². The number of hydrogen-bond donors (Lipinski definition) is 2. The van der Waals surface area contributed by atoms with Crippen LogP contribution in [0, 0.1) is 10.1 Å². The molecule has 0 aliphatic rings. The molecule has 0 heterocycles. The van der Waals surface area contributed by atoms with Gasteiger partial charge in [0, 0.05) is 18.6 Å². The molecule has 7 nitrogen and oxygen atoms in total. The summed E-state index contributed by atoms with van der Waals surface area (Å²) >= 11 is 0. The number of rotatable bonds is 7. The van der Waals surface area contributed by atoms with Crippen LogP contribution in [0.2, 0.25) is 0 Å². The second-order valence-corrected chi connectivity index (χ2v) is 4.30. The van der Waals surface area contributed by atoms with Crippen LogP contribution in [-0.2, 0) is 4.79 Å². The second kappa shape index (κ2) is 6.14. The number of benzene rings is 1. The van der Waals surface area contributed by atoms with Crippen molar-refractivity contribution in [3.05, 3.63) is 34.4 Å². The Kier molecular flexibility index (Phi) is 4.82. The number of hydrogen-bond acceptors (Lipinski definition) is 5. The summed E-state index contributed by atoms with van der Waals surface area (Å²) in [6.45, 7) is 1.96. The molecule has 1 atom stereocenters. The number of carbonyl (C=O) groups is 1. The van der Waals surface area contributed by atoms with Crippen LogP contribution in [0.3, 0.4) is 0 Å². The van der Waals surface area contributed by atoms with Gasteiger partial charge in [-0.05, 0) is 26.1 Å². The second-order valence-electron chi connectivity index (χ2n) is 4.30. The van der Waals surface area contributed by atoms with Gasteiger partial charge in [-0.2, -0.15) is 0 Å². The molecule has 1 aromatic rings. The Bertz CT molecular complexity index is 461. The Morgan fingerprint density at radius 3 is 2.47 bits per heavy atom. The Labute approximate surface area is 110 Å². The van der Waals surface area contributed by atoms with Gasteiger partial charge in [0.2, 0.25) is 5.91 Å². The molecule has 0 saturated heterocycles. The van der Waals surface area contributed by atoms with Crippen molar-refractivity contribution >= 4 is 11.6 Å². The predicted octanol–water partition coefficient (Wildman–Crippen LogP) is 0.827. The van der Waals surface area contributed by atoms with Crippen molar-refractivity contribution in [3.63, 3.8) is 0 Å². The Morgan fingerprint density at radius 2 is 2.05 bits per heavy atom. The smallest absolute Gasteiger partial charge is 0.269 e. The third kappa shape index (κ3) is 3.92. The van der Waals surface area contributed by atoms with Gasteiger partial charge in [0.05, 0.1) is 17.1 Å². The molecule has 1 amide bonds. The molecule has 1 rings (SSSR count). The molecule has 19 heavy (non-hydrogen) atoms. The summed E-state index contributed by atoms with van der Waals surface area (Å²) in [6.07, 6.45) is 0.399. The summed E-state index contributed by atoms with van der Waals surface area (Å²) in [5.74, 6) is 0.0517. The van der Waals surface area contributed by atoms with E-state index in [0.29, 0.717) is 12.2 Å². The summed E-state index contributed by atoms with van der Waals surface area (Å²) in [5, 5.41) is 13.3. The molecule has 1 unspecified atom stereocenters. The fourth-order valence-electron chi connectivity index (χ4n) is 1.41. The standard InChI is InChI=1S/C12H17N3O4/c1-12(14-2,11(13)16)7-8-19-10-5-3-9(4-6-10)15(17)18/h3-6,14H,7-8H2,1-2H3,(H2,13,16). The molecule has 3 N–H and O–H groups in total. The number of primary amides is 1. The average molecular weight is 267 g/mol. The minimum atomic E-state index is -0.833. The van der Waals surface area contributed by atoms with E-state index >= 15 is 0 Å². The van der Waals surface area contributed by atoms with Crippen molar-refractivity contribution in [3.8, 4) is 5.75 Å². The van der Waals surface area contributed by atoms with E-state index in [-0.39, 0.29) is 12.3 Å². The van der Waals surface area contributed by atoms with E-state index < -0.39 is 16.4 Å². The maximum atomic E-state index is 11.2. The molecule has 0 radical (unpaired) electrons. The molecule has 0 saturated carbocycles. The fraction of sp³-hybridized carbons (Fsp3) is 0.417. The van der Waals surface area contributed by atoms with Gasteiger partial charge in [-0.1, -0.05) is 0 Å². The first kappa shape index (κ1) is 14.9.